The molecule has 3 rings (SSSR count). The number of rotatable bonds is 63. The first-order chi connectivity index (χ1) is 47.8. The van der Waals surface area contributed by atoms with Crippen LogP contribution in [-0.2, 0) is 33.2 Å². The van der Waals surface area contributed by atoms with Crippen molar-refractivity contribution < 1.29 is 89.4 Å². The standard InChI is InChI=1S/C79H145NO18/c1-3-5-7-9-11-13-15-17-19-21-23-25-27-28-29-30-31-32-33-35-36-38-40-42-44-46-48-50-52-54-56-63(84)62(80-67(85)57-55-53-51-49-47-45-43-41-39-37-34-26-24-22-20-18-16-14-12-10-8-6-4-2)61-93-77-73(91)70(88)75(65(59-82)95-77)98-79-74(92)71(89)76(66(60-83)96-79)97-78-72(90)69(87)68(86)64(58-81)94-78/h6,8,12,14,18,20,24,26,62-66,68-79,81-84,86-92H,3-5,7,9-11,13,15-17,19,21-23,25,27-61H2,1-2H3,(H,80,85)/b8-6-,14-12-,20-18-,26-24-. The number of aliphatic hydroxyl groups excluding tert-OH is 11. The van der Waals surface area contributed by atoms with Crippen LogP contribution in [0.2, 0.25) is 0 Å². The molecule has 3 fully saturated rings. The maximum atomic E-state index is 13.5. The Morgan fingerprint density at radius 3 is 1.10 bits per heavy atom. The van der Waals surface area contributed by atoms with Gasteiger partial charge in [-0.2, -0.15) is 0 Å². The molecule has 3 aliphatic rings. The summed E-state index contributed by atoms with van der Waals surface area (Å²) in [5.74, 6) is -0.245. The van der Waals surface area contributed by atoms with Crippen molar-refractivity contribution in [2.75, 3.05) is 26.4 Å². The van der Waals surface area contributed by atoms with Crippen LogP contribution in [0.3, 0.4) is 0 Å². The van der Waals surface area contributed by atoms with Crippen molar-refractivity contribution in [2.24, 2.45) is 0 Å². The molecule has 17 unspecified atom stereocenters. The second-order valence-electron chi connectivity index (χ2n) is 28.5. The predicted molar refractivity (Wildman–Crippen MR) is 388 cm³/mol. The topological polar surface area (TPSA) is 307 Å². The van der Waals surface area contributed by atoms with Gasteiger partial charge in [-0.1, -0.05) is 306 Å². The van der Waals surface area contributed by atoms with Gasteiger partial charge in [0.05, 0.1) is 38.6 Å². The van der Waals surface area contributed by atoms with Crippen LogP contribution in [0, 0.1) is 0 Å². The van der Waals surface area contributed by atoms with Crippen LogP contribution in [0.15, 0.2) is 48.6 Å². The first-order valence-corrected chi connectivity index (χ1v) is 39.9. The molecule has 0 saturated carbocycles. The molecule has 98 heavy (non-hydrogen) atoms. The van der Waals surface area contributed by atoms with Gasteiger partial charge in [0.1, 0.15) is 73.2 Å². The molecule has 0 bridgehead atoms. The summed E-state index contributed by atoms with van der Waals surface area (Å²) >= 11 is 0. The molecule has 12 N–H and O–H groups in total. The average molecular weight is 1400 g/mol. The Labute approximate surface area is 593 Å². The smallest absolute Gasteiger partial charge is 0.220 e. The molecule has 0 aromatic heterocycles. The molecule has 0 radical (unpaired) electrons. The Balaban J connectivity index is 1.37. The van der Waals surface area contributed by atoms with Gasteiger partial charge >= 0.3 is 0 Å². The van der Waals surface area contributed by atoms with E-state index in [1.54, 1.807) is 0 Å². The SMILES string of the molecule is CC/C=C\C/C=C\C/C=C\C/C=C\CCCCCCCCCCCCC(=O)NC(COC1OC(CO)C(OC2OC(CO)C(OC3OC(CO)C(O)C(O)C3O)C(O)C2O)C(O)C1O)C(O)CCCCCCCCCCCCCCCCCCCCCCCCCCCCCCCC. The van der Waals surface area contributed by atoms with Crippen LogP contribution in [0.4, 0.5) is 0 Å². The molecule has 0 aliphatic carbocycles. The number of allylic oxidation sites excluding steroid dienone is 8. The number of hydrogen-bond donors (Lipinski definition) is 12. The summed E-state index contributed by atoms with van der Waals surface area (Å²) in [6.07, 6.45) is 47.7. The van der Waals surface area contributed by atoms with E-state index in [1.807, 2.05) is 0 Å². The monoisotopic (exact) mass is 1400 g/mol. The molecule has 17 atom stereocenters. The van der Waals surface area contributed by atoms with E-state index in [-0.39, 0.29) is 18.9 Å². The summed E-state index contributed by atoms with van der Waals surface area (Å²) in [6.45, 7) is 1.73. The number of carbonyl (C=O) groups is 1. The van der Waals surface area contributed by atoms with E-state index >= 15 is 0 Å². The lowest BCUT2D eigenvalue weighted by Crippen LogP contribution is -2.66. The Hall–Kier alpha value is -2.25. The maximum Gasteiger partial charge on any atom is 0.220 e. The molecule has 574 valence electrons. The van der Waals surface area contributed by atoms with Gasteiger partial charge in [0, 0.05) is 6.42 Å². The largest absolute Gasteiger partial charge is 0.394 e. The zero-order chi connectivity index (χ0) is 71.1. The van der Waals surface area contributed by atoms with Gasteiger partial charge in [0.2, 0.25) is 5.91 Å². The second kappa shape index (κ2) is 60.1. The highest BCUT2D eigenvalue weighted by molar-refractivity contribution is 5.76. The minimum atomic E-state index is -1.97. The summed E-state index contributed by atoms with van der Waals surface area (Å²) in [5.41, 5.74) is 0. The van der Waals surface area contributed by atoms with Crippen molar-refractivity contribution in [1.29, 1.82) is 0 Å². The third-order valence-corrected chi connectivity index (χ3v) is 19.9. The average Bonchev–Trinajstić information content (AvgIpc) is 0.785. The molecular weight excluding hydrogens is 1250 g/mol. The summed E-state index contributed by atoms with van der Waals surface area (Å²) < 4.78 is 34.5. The minimum absolute atomic E-state index is 0.245. The van der Waals surface area contributed by atoms with E-state index in [0.29, 0.717) is 12.8 Å². The van der Waals surface area contributed by atoms with Crippen molar-refractivity contribution in [3.05, 3.63) is 48.6 Å². The molecule has 19 heteroatoms. The predicted octanol–water partition coefficient (Wildman–Crippen LogP) is 12.9. The third kappa shape index (κ3) is 40.1. The Morgan fingerprint density at radius 1 is 0.378 bits per heavy atom. The number of unbranched alkanes of at least 4 members (excludes halogenated alkanes) is 39. The fraction of sp³-hybridized carbons (Fsp3) is 0.886. The Morgan fingerprint density at radius 2 is 0.704 bits per heavy atom. The van der Waals surface area contributed by atoms with Crippen LogP contribution < -0.4 is 5.32 Å². The molecule has 3 saturated heterocycles. The quantitative estimate of drug-likeness (QED) is 0.0199. The first-order valence-electron chi connectivity index (χ1n) is 39.9. The van der Waals surface area contributed by atoms with E-state index in [2.05, 4.69) is 67.8 Å². The van der Waals surface area contributed by atoms with Crippen molar-refractivity contribution in [2.45, 2.75) is 420 Å². The van der Waals surface area contributed by atoms with Gasteiger partial charge in [0.15, 0.2) is 18.9 Å². The lowest BCUT2D eigenvalue weighted by atomic mass is 9.96. The fourth-order valence-corrected chi connectivity index (χ4v) is 13.5. The van der Waals surface area contributed by atoms with E-state index < -0.39 is 124 Å². The first kappa shape index (κ1) is 90.0. The highest BCUT2D eigenvalue weighted by Gasteiger charge is 2.54. The van der Waals surface area contributed by atoms with Crippen LogP contribution in [0.25, 0.3) is 0 Å². The van der Waals surface area contributed by atoms with Crippen molar-refractivity contribution in [3.8, 4) is 0 Å². The van der Waals surface area contributed by atoms with Gasteiger partial charge < -0.3 is 89.9 Å². The van der Waals surface area contributed by atoms with Crippen LogP contribution in [0.5, 0.6) is 0 Å². The fourth-order valence-electron chi connectivity index (χ4n) is 13.5. The number of ether oxygens (including phenoxy) is 6. The number of amides is 1. The molecule has 0 aromatic rings. The van der Waals surface area contributed by atoms with Crippen LogP contribution in [0.1, 0.15) is 316 Å². The molecular formula is C79H145NO18. The molecule has 3 heterocycles. The van der Waals surface area contributed by atoms with E-state index in [0.717, 1.165) is 77.0 Å². The van der Waals surface area contributed by atoms with Crippen molar-refractivity contribution in [3.63, 3.8) is 0 Å². The second-order valence-corrected chi connectivity index (χ2v) is 28.5. The van der Waals surface area contributed by atoms with Crippen LogP contribution in [-0.4, -0.2) is 193 Å². The van der Waals surface area contributed by atoms with Gasteiger partial charge in [-0.05, 0) is 51.4 Å². The van der Waals surface area contributed by atoms with Crippen molar-refractivity contribution in [1.82, 2.24) is 5.32 Å². The Kier molecular flexibility index (Phi) is 55.1. The van der Waals surface area contributed by atoms with E-state index in [1.165, 1.54) is 205 Å². The number of aliphatic hydroxyl groups is 11. The number of carbonyl (C=O) groups excluding carboxylic acids is 1. The van der Waals surface area contributed by atoms with Gasteiger partial charge in [-0.15, -0.1) is 0 Å². The maximum absolute atomic E-state index is 13.5. The van der Waals surface area contributed by atoms with Gasteiger partial charge in [-0.3, -0.25) is 4.79 Å². The van der Waals surface area contributed by atoms with Crippen molar-refractivity contribution >= 4 is 5.91 Å². The molecule has 19 nitrogen and oxygen atoms in total. The number of nitrogens with one attached hydrogen (secondary N) is 1. The van der Waals surface area contributed by atoms with Gasteiger partial charge in [0.25, 0.3) is 0 Å². The number of hydrogen-bond acceptors (Lipinski definition) is 18. The van der Waals surface area contributed by atoms with Gasteiger partial charge in [-0.25, -0.2) is 0 Å². The Bertz CT molecular complexity index is 1960. The highest BCUT2D eigenvalue weighted by atomic mass is 16.8. The summed E-state index contributed by atoms with van der Waals surface area (Å²) in [7, 11) is 0. The summed E-state index contributed by atoms with van der Waals surface area (Å²) in [5, 5.41) is 121. The molecule has 0 spiro atoms. The molecule has 0 aromatic carbocycles. The lowest BCUT2D eigenvalue weighted by Gasteiger charge is -2.48. The summed E-state index contributed by atoms with van der Waals surface area (Å²) in [6, 6.07) is -0.893. The lowest BCUT2D eigenvalue weighted by molar-refractivity contribution is -0.379. The van der Waals surface area contributed by atoms with E-state index in [4.69, 9.17) is 28.4 Å². The molecule has 1 amide bonds. The zero-order valence-corrected chi connectivity index (χ0v) is 61.3. The highest BCUT2D eigenvalue weighted by Crippen LogP contribution is 2.33. The normalized spacial score (nSPS) is 27.0. The van der Waals surface area contributed by atoms with Crippen LogP contribution >= 0.6 is 0 Å². The zero-order valence-electron chi connectivity index (χ0n) is 61.3. The minimum Gasteiger partial charge on any atom is -0.394 e. The van der Waals surface area contributed by atoms with E-state index in [9.17, 15) is 61.0 Å². The third-order valence-electron chi connectivity index (χ3n) is 19.9. The molecule has 3 aliphatic heterocycles. The summed E-state index contributed by atoms with van der Waals surface area (Å²) in [4.78, 5) is 13.5.